The van der Waals surface area contributed by atoms with Gasteiger partial charge in [0.25, 0.3) is 10.1 Å². The second-order valence-electron chi connectivity index (χ2n) is 6.82. The number of furan rings is 2. The number of halogens is 3. The molecular weight excluding hydrogens is 438 g/mol. The standard InChI is InChI=1S/C11H11FO4S.C10H8ClFO/c1-7-3-11-9(4-10(7)12)8(5-15-11)6-16-17(2,13)14;1-6-2-10-8(3-9(6)12)7(4-11)5-13-10/h3-5H,6H2,1-2H3;2-3,5H,4H2,1H3. The Morgan fingerprint density at radius 2 is 1.37 bits per heavy atom. The van der Waals surface area contributed by atoms with Crippen molar-refractivity contribution >= 4 is 43.7 Å². The van der Waals surface area contributed by atoms with Crippen LogP contribution in [-0.4, -0.2) is 14.7 Å². The highest BCUT2D eigenvalue weighted by molar-refractivity contribution is 7.85. The third-order valence-electron chi connectivity index (χ3n) is 4.44. The molecule has 0 saturated carbocycles. The highest BCUT2D eigenvalue weighted by atomic mass is 35.5. The van der Waals surface area contributed by atoms with Crippen LogP contribution in [0.1, 0.15) is 22.3 Å². The molecule has 0 radical (unpaired) electrons. The van der Waals surface area contributed by atoms with E-state index in [4.69, 9.17) is 20.4 Å². The maximum absolute atomic E-state index is 13.4. The fraction of sp³-hybridized carbons (Fsp3) is 0.238. The van der Waals surface area contributed by atoms with Gasteiger partial charge in [-0.3, -0.25) is 4.18 Å². The maximum atomic E-state index is 13.4. The molecule has 4 aromatic rings. The Bertz CT molecular complexity index is 1310. The van der Waals surface area contributed by atoms with Gasteiger partial charge in [0.2, 0.25) is 0 Å². The fourth-order valence-corrected chi connectivity index (χ4v) is 3.34. The van der Waals surface area contributed by atoms with Gasteiger partial charge in [0.15, 0.2) is 0 Å². The highest BCUT2D eigenvalue weighted by Gasteiger charge is 2.12. The van der Waals surface area contributed by atoms with E-state index < -0.39 is 10.1 Å². The molecule has 0 fully saturated rings. The highest BCUT2D eigenvalue weighted by Crippen LogP contribution is 2.26. The fourth-order valence-electron chi connectivity index (χ4n) is 2.79. The predicted octanol–water partition coefficient (Wildman–Crippen LogP) is 5.98. The molecule has 2 aromatic carbocycles. The van der Waals surface area contributed by atoms with Crippen LogP contribution in [0.2, 0.25) is 0 Å². The van der Waals surface area contributed by atoms with E-state index in [9.17, 15) is 17.2 Å². The number of benzene rings is 2. The first-order valence-electron chi connectivity index (χ1n) is 8.82. The van der Waals surface area contributed by atoms with Crippen molar-refractivity contribution in [1.29, 1.82) is 0 Å². The van der Waals surface area contributed by atoms with Gasteiger partial charge >= 0.3 is 0 Å². The quantitative estimate of drug-likeness (QED) is 0.279. The Balaban J connectivity index is 0.000000177. The smallest absolute Gasteiger partial charge is 0.264 e. The van der Waals surface area contributed by atoms with E-state index in [1.807, 2.05) is 0 Å². The van der Waals surface area contributed by atoms with E-state index in [0.717, 1.165) is 17.2 Å². The summed E-state index contributed by atoms with van der Waals surface area (Å²) < 4.78 is 63.3. The molecule has 0 bridgehead atoms. The Morgan fingerprint density at radius 3 is 1.83 bits per heavy atom. The van der Waals surface area contributed by atoms with Gasteiger partial charge in [-0.2, -0.15) is 8.42 Å². The van der Waals surface area contributed by atoms with Gasteiger partial charge in [-0.05, 0) is 49.2 Å². The summed E-state index contributed by atoms with van der Waals surface area (Å²) in [5, 5.41) is 1.29. The molecule has 0 aliphatic carbocycles. The number of hydrogen-bond donors (Lipinski definition) is 0. The Kier molecular flexibility index (Phi) is 6.50. The van der Waals surface area contributed by atoms with Crippen LogP contribution in [0.25, 0.3) is 21.9 Å². The summed E-state index contributed by atoms with van der Waals surface area (Å²) in [6, 6.07) is 6.02. The molecule has 0 atom stereocenters. The van der Waals surface area contributed by atoms with Crippen molar-refractivity contribution < 1.29 is 30.2 Å². The summed E-state index contributed by atoms with van der Waals surface area (Å²) in [7, 11) is -3.52. The van der Waals surface area contributed by atoms with Crippen LogP contribution in [0.15, 0.2) is 45.6 Å². The molecule has 0 amide bonds. The van der Waals surface area contributed by atoms with Crippen molar-refractivity contribution in [3.05, 3.63) is 70.7 Å². The summed E-state index contributed by atoms with van der Waals surface area (Å²) >= 11 is 5.66. The third kappa shape index (κ3) is 5.00. The van der Waals surface area contributed by atoms with Crippen LogP contribution in [0, 0.1) is 25.5 Å². The van der Waals surface area contributed by atoms with Crippen molar-refractivity contribution in [2.45, 2.75) is 26.3 Å². The number of aryl methyl sites for hydroxylation is 2. The van der Waals surface area contributed by atoms with Gasteiger partial charge < -0.3 is 8.83 Å². The first-order chi connectivity index (χ1) is 14.1. The Morgan fingerprint density at radius 1 is 0.900 bits per heavy atom. The lowest BCUT2D eigenvalue weighted by atomic mass is 10.1. The van der Waals surface area contributed by atoms with Gasteiger partial charge in [0.1, 0.15) is 22.8 Å². The van der Waals surface area contributed by atoms with E-state index in [0.29, 0.717) is 39.1 Å². The van der Waals surface area contributed by atoms with E-state index >= 15 is 0 Å². The van der Waals surface area contributed by atoms with Crippen LogP contribution in [0.5, 0.6) is 0 Å². The topological polar surface area (TPSA) is 69.7 Å². The van der Waals surface area contributed by atoms with E-state index in [2.05, 4.69) is 4.18 Å². The van der Waals surface area contributed by atoms with Gasteiger partial charge in [-0.15, -0.1) is 11.6 Å². The Labute approximate surface area is 177 Å². The van der Waals surface area contributed by atoms with Crippen molar-refractivity contribution in [2.75, 3.05) is 6.26 Å². The molecule has 9 heteroatoms. The molecule has 2 heterocycles. The van der Waals surface area contributed by atoms with Gasteiger partial charge in [-0.25, -0.2) is 8.78 Å². The summed E-state index contributed by atoms with van der Waals surface area (Å²) in [4.78, 5) is 0. The number of alkyl halides is 1. The van der Waals surface area contributed by atoms with Crippen molar-refractivity contribution in [3.8, 4) is 0 Å². The molecule has 0 N–H and O–H groups in total. The largest absolute Gasteiger partial charge is 0.464 e. The molecule has 0 aliphatic rings. The molecule has 5 nitrogen and oxygen atoms in total. The molecule has 2 aromatic heterocycles. The lowest BCUT2D eigenvalue weighted by Gasteiger charge is -2.00. The molecule has 160 valence electrons. The van der Waals surface area contributed by atoms with Crippen molar-refractivity contribution in [3.63, 3.8) is 0 Å². The first kappa shape index (κ1) is 22.3. The predicted molar refractivity (Wildman–Crippen MR) is 111 cm³/mol. The van der Waals surface area contributed by atoms with Crippen LogP contribution < -0.4 is 0 Å². The zero-order chi connectivity index (χ0) is 22.1. The number of hydrogen-bond acceptors (Lipinski definition) is 5. The van der Waals surface area contributed by atoms with Crippen LogP contribution in [-0.2, 0) is 26.8 Å². The molecule has 0 unspecified atom stereocenters. The molecule has 0 saturated heterocycles. The van der Waals surface area contributed by atoms with Gasteiger partial charge in [0, 0.05) is 21.9 Å². The third-order valence-corrected chi connectivity index (χ3v) is 5.28. The normalized spacial score (nSPS) is 11.7. The monoisotopic (exact) mass is 456 g/mol. The molecule has 0 spiro atoms. The van der Waals surface area contributed by atoms with Crippen molar-refractivity contribution in [1.82, 2.24) is 0 Å². The average molecular weight is 457 g/mol. The van der Waals surface area contributed by atoms with Crippen LogP contribution in [0.4, 0.5) is 8.78 Å². The Hall–Kier alpha value is -2.42. The second kappa shape index (κ2) is 8.75. The maximum Gasteiger partial charge on any atom is 0.264 e. The minimum Gasteiger partial charge on any atom is -0.464 e. The molecule has 4 rings (SSSR count). The zero-order valence-electron chi connectivity index (χ0n) is 16.5. The first-order valence-corrected chi connectivity index (χ1v) is 11.2. The summed E-state index contributed by atoms with van der Waals surface area (Å²) in [6.45, 7) is 3.18. The summed E-state index contributed by atoms with van der Waals surface area (Å²) in [5.41, 5.74) is 3.59. The lowest BCUT2D eigenvalue weighted by molar-refractivity contribution is 0.311. The zero-order valence-corrected chi connectivity index (χ0v) is 18.0. The van der Waals surface area contributed by atoms with E-state index in [1.54, 1.807) is 32.2 Å². The lowest BCUT2D eigenvalue weighted by Crippen LogP contribution is -2.02. The number of fused-ring (bicyclic) bond motifs is 2. The minimum absolute atomic E-state index is 0.158. The second-order valence-corrected chi connectivity index (χ2v) is 8.73. The number of rotatable bonds is 4. The van der Waals surface area contributed by atoms with E-state index in [1.165, 1.54) is 18.4 Å². The van der Waals surface area contributed by atoms with Gasteiger partial charge in [0.05, 0.1) is 31.3 Å². The summed E-state index contributed by atoms with van der Waals surface area (Å²) in [5.74, 6) is -0.241. The van der Waals surface area contributed by atoms with Crippen LogP contribution in [0.3, 0.4) is 0 Å². The van der Waals surface area contributed by atoms with E-state index in [-0.39, 0.29) is 18.2 Å². The molecule has 30 heavy (non-hydrogen) atoms. The van der Waals surface area contributed by atoms with Crippen molar-refractivity contribution in [2.24, 2.45) is 0 Å². The summed E-state index contributed by atoms with van der Waals surface area (Å²) in [6.07, 6.45) is 3.89. The van der Waals surface area contributed by atoms with Gasteiger partial charge in [-0.1, -0.05) is 0 Å². The molecular formula is C21H19ClF2O5S. The molecule has 0 aliphatic heterocycles. The van der Waals surface area contributed by atoms with Crippen LogP contribution >= 0.6 is 11.6 Å². The SMILES string of the molecule is Cc1cc2occ(CCl)c2cc1F.Cc1cc2occ(COS(C)(=O)=O)c2cc1F. The minimum atomic E-state index is -3.52. The average Bonchev–Trinajstić information content (AvgIpc) is 3.24.